The van der Waals surface area contributed by atoms with E-state index in [1.54, 1.807) is 0 Å². The zero-order chi connectivity index (χ0) is 12.0. The van der Waals surface area contributed by atoms with E-state index in [1.165, 1.54) is 0 Å². The Hall–Kier alpha value is -0.610. The van der Waals surface area contributed by atoms with Crippen molar-refractivity contribution in [2.75, 3.05) is 46.4 Å². The summed E-state index contributed by atoms with van der Waals surface area (Å²) >= 11 is 0. The molecule has 0 atom stereocenters. The van der Waals surface area contributed by atoms with Crippen LogP contribution in [0, 0.1) is 5.92 Å². The zero-order valence-corrected chi connectivity index (χ0v) is 10.7. The largest absolute Gasteiger partial charge is 0.380 e. The predicted octanol–water partition coefficient (Wildman–Crippen LogP) is 0.823. The summed E-state index contributed by atoms with van der Waals surface area (Å²) < 4.78 is 5.53. The maximum Gasteiger partial charge on any atom is 0.236 e. The SMILES string of the molecule is CC(C)COCCN1CCCN(C)C(=O)C1. The van der Waals surface area contributed by atoms with Gasteiger partial charge in [-0.3, -0.25) is 9.69 Å². The molecule has 0 unspecified atom stereocenters. The topological polar surface area (TPSA) is 32.8 Å². The average Bonchev–Trinajstić information content (AvgIpc) is 2.37. The molecule has 0 N–H and O–H groups in total. The van der Waals surface area contributed by atoms with E-state index in [0.717, 1.165) is 39.3 Å². The first-order valence-corrected chi connectivity index (χ1v) is 6.13. The van der Waals surface area contributed by atoms with E-state index >= 15 is 0 Å². The number of likely N-dealkylation sites (N-methyl/N-ethyl adjacent to an activating group) is 1. The summed E-state index contributed by atoms with van der Waals surface area (Å²) in [7, 11) is 1.88. The van der Waals surface area contributed by atoms with Crippen molar-refractivity contribution in [3.63, 3.8) is 0 Å². The van der Waals surface area contributed by atoms with Gasteiger partial charge in [0.1, 0.15) is 0 Å². The fraction of sp³-hybridized carbons (Fsp3) is 0.917. The molecule has 94 valence electrons. The highest BCUT2D eigenvalue weighted by Gasteiger charge is 2.18. The van der Waals surface area contributed by atoms with Crippen molar-refractivity contribution in [2.45, 2.75) is 20.3 Å². The van der Waals surface area contributed by atoms with Gasteiger partial charge >= 0.3 is 0 Å². The second kappa shape index (κ2) is 6.86. The van der Waals surface area contributed by atoms with Crippen LogP contribution in [-0.2, 0) is 9.53 Å². The smallest absolute Gasteiger partial charge is 0.236 e. The Morgan fingerprint density at radius 2 is 2.12 bits per heavy atom. The Morgan fingerprint density at radius 3 is 2.81 bits per heavy atom. The highest BCUT2D eigenvalue weighted by molar-refractivity contribution is 5.78. The van der Waals surface area contributed by atoms with Gasteiger partial charge in [0.15, 0.2) is 0 Å². The van der Waals surface area contributed by atoms with Gasteiger partial charge in [0, 0.05) is 33.3 Å². The van der Waals surface area contributed by atoms with Crippen LogP contribution in [0.4, 0.5) is 0 Å². The first-order chi connectivity index (χ1) is 7.59. The van der Waals surface area contributed by atoms with Gasteiger partial charge in [-0.05, 0) is 12.3 Å². The lowest BCUT2D eigenvalue weighted by atomic mass is 10.2. The van der Waals surface area contributed by atoms with Gasteiger partial charge < -0.3 is 9.64 Å². The van der Waals surface area contributed by atoms with E-state index < -0.39 is 0 Å². The van der Waals surface area contributed by atoms with Crippen LogP contribution in [0.25, 0.3) is 0 Å². The third kappa shape index (κ3) is 4.94. The molecule has 0 aromatic heterocycles. The van der Waals surface area contributed by atoms with E-state index in [9.17, 15) is 4.79 Å². The molecule has 0 radical (unpaired) electrons. The van der Waals surface area contributed by atoms with Crippen LogP contribution < -0.4 is 0 Å². The van der Waals surface area contributed by atoms with Crippen molar-refractivity contribution < 1.29 is 9.53 Å². The van der Waals surface area contributed by atoms with Crippen molar-refractivity contribution in [1.29, 1.82) is 0 Å². The molecular weight excluding hydrogens is 204 g/mol. The second-order valence-electron chi connectivity index (χ2n) is 4.91. The molecule has 0 aliphatic carbocycles. The van der Waals surface area contributed by atoms with Gasteiger partial charge in [-0.1, -0.05) is 13.8 Å². The van der Waals surface area contributed by atoms with E-state index in [2.05, 4.69) is 18.7 Å². The first kappa shape index (κ1) is 13.5. The summed E-state index contributed by atoms with van der Waals surface area (Å²) in [5, 5.41) is 0. The number of hydrogen-bond acceptors (Lipinski definition) is 3. The molecule has 1 heterocycles. The quantitative estimate of drug-likeness (QED) is 0.653. The molecule has 1 aliphatic heterocycles. The van der Waals surface area contributed by atoms with Gasteiger partial charge in [0.2, 0.25) is 5.91 Å². The molecule has 1 saturated heterocycles. The fourth-order valence-corrected chi connectivity index (χ4v) is 1.75. The van der Waals surface area contributed by atoms with Gasteiger partial charge in [-0.2, -0.15) is 0 Å². The van der Waals surface area contributed by atoms with Crippen LogP contribution in [-0.4, -0.2) is 62.1 Å². The lowest BCUT2D eigenvalue weighted by Crippen LogP contribution is -2.36. The molecule has 0 saturated carbocycles. The lowest BCUT2D eigenvalue weighted by molar-refractivity contribution is -0.130. The molecule has 0 aromatic carbocycles. The molecule has 1 fully saturated rings. The van der Waals surface area contributed by atoms with Crippen LogP contribution >= 0.6 is 0 Å². The Morgan fingerprint density at radius 1 is 1.38 bits per heavy atom. The monoisotopic (exact) mass is 228 g/mol. The van der Waals surface area contributed by atoms with Crippen molar-refractivity contribution in [3.05, 3.63) is 0 Å². The number of hydrogen-bond donors (Lipinski definition) is 0. The van der Waals surface area contributed by atoms with Crippen LogP contribution in [0.3, 0.4) is 0 Å². The van der Waals surface area contributed by atoms with E-state index in [1.807, 2.05) is 11.9 Å². The average molecular weight is 228 g/mol. The molecule has 4 heteroatoms. The standard InChI is InChI=1S/C12H24N2O2/c1-11(2)10-16-8-7-14-6-4-5-13(3)12(15)9-14/h11H,4-10H2,1-3H3. The molecule has 0 spiro atoms. The summed E-state index contributed by atoms with van der Waals surface area (Å²) in [4.78, 5) is 15.6. The van der Waals surface area contributed by atoms with Crippen molar-refractivity contribution >= 4 is 5.91 Å². The Kier molecular flexibility index (Phi) is 5.77. The molecule has 1 aliphatic rings. The van der Waals surface area contributed by atoms with Gasteiger partial charge in [0.25, 0.3) is 0 Å². The fourth-order valence-electron chi connectivity index (χ4n) is 1.75. The minimum atomic E-state index is 0.223. The third-order valence-electron chi connectivity index (χ3n) is 2.76. The minimum absolute atomic E-state index is 0.223. The normalized spacial score (nSPS) is 19.2. The number of carbonyl (C=O) groups is 1. The van der Waals surface area contributed by atoms with Crippen LogP contribution in [0.1, 0.15) is 20.3 Å². The zero-order valence-electron chi connectivity index (χ0n) is 10.7. The number of rotatable bonds is 5. The second-order valence-corrected chi connectivity index (χ2v) is 4.91. The maximum atomic E-state index is 11.6. The molecular formula is C12H24N2O2. The number of carbonyl (C=O) groups excluding carboxylic acids is 1. The van der Waals surface area contributed by atoms with Crippen LogP contribution in [0.15, 0.2) is 0 Å². The van der Waals surface area contributed by atoms with Crippen molar-refractivity contribution in [2.24, 2.45) is 5.92 Å². The summed E-state index contributed by atoms with van der Waals surface area (Å²) in [6.45, 7) is 9.11. The molecule has 1 rings (SSSR count). The van der Waals surface area contributed by atoms with Gasteiger partial charge in [-0.25, -0.2) is 0 Å². The summed E-state index contributed by atoms with van der Waals surface area (Å²) in [5.41, 5.74) is 0. The first-order valence-electron chi connectivity index (χ1n) is 6.13. The highest BCUT2D eigenvalue weighted by Crippen LogP contribution is 2.02. The Labute approximate surface area is 98.5 Å². The molecule has 0 bridgehead atoms. The van der Waals surface area contributed by atoms with Gasteiger partial charge in [0.05, 0.1) is 13.2 Å². The van der Waals surface area contributed by atoms with Crippen LogP contribution in [0.5, 0.6) is 0 Å². The summed E-state index contributed by atoms with van der Waals surface area (Å²) in [6.07, 6.45) is 1.06. The highest BCUT2D eigenvalue weighted by atomic mass is 16.5. The summed E-state index contributed by atoms with van der Waals surface area (Å²) in [6, 6.07) is 0. The van der Waals surface area contributed by atoms with E-state index in [4.69, 9.17) is 4.74 Å². The predicted molar refractivity (Wildman–Crippen MR) is 64.4 cm³/mol. The van der Waals surface area contributed by atoms with Crippen LogP contribution in [0.2, 0.25) is 0 Å². The molecule has 4 nitrogen and oxygen atoms in total. The molecule has 16 heavy (non-hydrogen) atoms. The molecule has 0 aromatic rings. The van der Waals surface area contributed by atoms with E-state index in [0.29, 0.717) is 12.5 Å². The Bertz CT molecular complexity index is 219. The number of nitrogens with zero attached hydrogens (tertiary/aromatic N) is 2. The number of ether oxygens (including phenoxy) is 1. The van der Waals surface area contributed by atoms with E-state index in [-0.39, 0.29) is 5.91 Å². The number of amides is 1. The summed E-state index contributed by atoms with van der Waals surface area (Å²) in [5.74, 6) is 0.804. The maximum absolute atomic E-state index is 11.6. The van der Waals surface area contributed by atoms with Crippen molar-refractivity contribution in [1.82, 2.24) is 9.80 Å². The molecule has 1 amide bonds. The van der Waals surface area contributed by atoms with Gasteiger partial charge in [-0.15, -0.1) is 0 Å². The Balaban J connectivity index is 2.18. The minimum Gasteiger partial charge on any atom is -0.380 e. The third-order valence-corrected chi connectivity index (χ3v) is 2.76. The van der Waals surface area contributed by atoms with Crippen molar-refractivity contribution in [3.8, 4) is 0 Å². The lowest BCUT2D eigenvalue weighted by Gasteiger charge is -2.19.